The number of aliphatic hydroxyl groups is 1. The van der Waals surface area contributed by atoms with Crippen LogP contribution in [-0.2, 0) is 15.1 Å². The standard InChI is InChI=1S/C18H18F3NO6.C17H14F3NO6/c1-17(2,24)15-8-13(11(9-22-15)16(23)26-4)27-12-6-5-10(7-14(12)25-3)28-18(19,20)21;1-9(22)12-7-14(11(8-21-12)16(23)25-3)26-13-5-4-10(6-15(13)24-2)27-17(18,19)20/h5-9,24H,1-4H3;4-8H,1-3H3. The van der Waals surface area contributed by atoms with Crippen LogP contribution in [0.15, 0.2) is 60.9 Å². The average Bonchev–Trinajstić information content (AvgIpc) is 3.10. The number of carbonyl (C=O) groups is 3. The third-order valence-electron chi connectivity index (χ3n) is 6.71. The fourth-order valence-corrected chi connectivity index (χ4v) is 4.19. The summed E-state index contributed by atoms with van der Waals surface area (Å²) < 4.78 is 112. The summed E-state index contributed by atoms with van der Waals surface area (Å²) in [6.07, 6.45) is -7.46. The van der Waals surface area contributed by atoms with E-state index in [9.17, 15) is 45.8 Å². The van der Waals surface area contributed by atoms with Gasteiger partial charge in [0.1, 0.15) is 45.4 Å². The van der Waals surface area contributed by atoms with Crippen LogP contribution in [0.25, 0.3) is 0 Å². The number of hydrogen-bond acceptors (Lipinski definition) is 14. The van der Waals surface area contributed by atoms with Crippen molar-refractivity contribution in [2.24, 2.45) is 0 Å². The molecule has 0 amide bonds. The molecule has 0 radical (unpaired) electrons. The predicted molar refractivity (Wildman–Crippen MR) is 176 cm³/mol. The summed E-state index contributed by atoms with van der Waals surface area (Å²) in [6, 6.07) is 8.88. The Morgan fingerprint density at radius 2 is 1.02 bits per heavy atom. The minimum Gasteiger partial charge on any atom is -0.493 e. The summed E-state index contributed by atoms with van der Waals surface area (Å²) in [5.74, 6) is -3.19. The van der Waals surface area contributed by atoms with Crippen molar-refractivity contribution >= 4 is 17.7 Å². The van der Waals surface area contributed by atoms with Gasteiger partial charge in [-0.3, -0.25) is 14.8 Å². The molecule has 0 aliphatic rings. The number of nitrogens with zero attached hydrogens (tertiary/aromatic N) is 2. The van der Waals surface area contributed by atoms with Crippen LogP contribution in [0, 0.1) is 0 Å². The Bertz CT molecular complexity index is 2010. The normalized spacial score (nSPS) is 11.3. The number of carbonyl (C=O) groups excluding carboxylic acids is 3. The number of pyridine rings is 2. The van der Waals surface area contributed by atoms with Crippen molar-refractivity contribution in [2.45, 2.75) is 39.1 Å². The van der Waals surface area contributed by atoms with Crippen LogP contribution in [0.1, 0.15) is 57.7 Å². The number of methoxy groups -OCH3 is 4. The highest BCUT2D eigenvalue weighted by molar-refractivity contribution is 5.96. The summed E-state index contributed by atoms with van der Waals surface area (Å²) in [4.78, 5) is 43.2. The van der Waals surface area contributed by atoms with E-state index < -0.39 is 41.8 Å². The smallest absolute Gasteiger partial charge is 0.493 e. The van der Waals surface area contributed by atoms with E-state index in [1.807, 2.05) is 0 Å². The van der Waals surface area contributed by atoms with Crippen molar-refractivity contribution in [3.05, 3.63) is 83.4 Å². The molecule has 2 heterocycles. The summed E-state index contributed by atoms with van der Waals surface area (Å²) in [6.45, 7) is 4.25. The Balaban J connectivity index is 0.000000296. The molecule has 14 nitrogen and oxygen atoms in total. The second kappa shape index (κ2) is 17.7. The van der Waals surface area contributed by atoms with Gasteiger partial charge in [-0.15, -0.1) is 26.3 Å². The third-order valence-corrected chi connectivity index (χ3v) is 6.71. The van der Waals surface area contributed by atoms with Gasteiger partial charge in [0.2, 0.25) is 0 Å². The van der Waals surface area contributed by atoms with Crippen molar-refractivity contribution in [1.82, 2.24) is 9.97 Å². The molecular weight excluding hydrogens is 754 g/mol. The lowest BCUT2D eigenvalue weighted by atomic mass is 10.0. The highest BCUT2D eigenvalue weighted by atomic mass is 19.4. The molecule has 2 aromatic heterocycles. The van der Waals surface area contributed by atoms with Gasteiger partial charge >= 0.3 is 24.7 Å². The molecule has 0 unspecified atom stereocenters. The Hall–Kier alpha value is -6.31. The fourth-order valence-electron chi connectivity index (χ4n) is 4.19. The zero-order valence-corrected chi connectivity index (χ0v) is 29.9. The molecule has 0 fully saturated rings. The Kier molecular flexibility index (Phi) is 13.9. The minimum absolute atomic E-state index is 0.00933. The first-order valence-electron chi connectivity index (χ1n) is 15.2. The molecule has 0 bridgehead atoms. The van der Waals surface area contributed by atoms with Gasteiger partial charge in [0, 0.05) is 43.6 Å². The summed E-state index contributed by atoms with van der Waals surface area (Å²) in [7, 11) is 4.76. The van der Waals surface area contributed by atoms with Gasteiger partial charge in [0.25, 0.3) is 0 Å². The molecule has 4 aromatic rings. The topological polar surface area (TPSA) is 171 Å². The second-order valence-electron chi connectivity index (χ2n) is 11.2. The van der Waals surface area contributed by atoms with E-state index in [1.165, 1.54) is 66.5 Å². The number of ether oxygens (including phenoxy) is 8. The van der Waals surface area contributed by atoms with Crippen LogP contribution in [0.3, 0.4) is 0 Å². The molecule has 0 saturated carbocycles. The SMILES string of the molecule is COC(=O)c1cnc(C(C)(C)O)cc1Oc1ccc(OC(F)(F)F)cc1OC.COC(=O)c1cnc(C(C)=O)cc1Oc1ccc(OC(F)(F)F)cc1OC. The number of hydrogen-bond donors (Lipinski definition) is 1. The van der Waals surface area contributed by atoms with Crippen LogP contribution in [-0.4, -0.2) is 74.0 Å². The first kappa shape index (κ1) is 43.1. The van der Waals surface area contributed by atoms with Crippen molar-refractivity contribution < 1.29 is 83.7 Å². The summed E-state index contributed by atoms with van der Waals surface area (Å²) in [5, 5.41) is 10.1. The van der Waals surface area contributed by atoms with E-state index in [2.05, 4.69) is 28.9 Å². The van der Waals surface area contributed by atoms with E-state index in [0.29, 0.717) is 0 Å². The number of benzene rings is 2. The molecular formula is C35H32F6N2O12. The fraction of sp³-hybridized carbons (Fsp3) is 0.286. The minimum atomic E-state index is -4.87. The lowest BCUT2D eigenvalue weighted by Gasteiger charge is -2.19. The highest BCUT2D eigenvalue weighted by Gasteiger charge is 2.33. The van der Waals surface area contributed by atoms with Crippen LogP contribution in [0.2, 0.25) is 0 Å². The third kappa shape index (κ3) is 12.4. The highest BCUT2D eigenvalue weighted by Crippen LogP contribution is 2.39. The number of rotatable bonds is 12. The lowest BCUT2D eigenvalue weighted by molar-refractivity contribution is -0.275. The van der Waals surface area contributed by atoms with E-state index in [4.69, 9.17) is 18.9 Å². The quantitative estimate of drug-likeness (QED) is 0.0847. The Labute approximate surface area is 308 Å². The number of aromatic nitrogens is 2. The number of Topliss-reactive ketones (excluding diaryl/α,β-unsaturated/α-hetero) is 1. The van der Waals surface area contributed by atoms with Crippen LogP contribution in [0.5, 0.6) is 46.0 Å². The van der Waals surface area contributed by atoms with Gasteiger partial charge in [-0.05, 0) is 38.1 Å². The maximum absolute atomic E-state index is 12.4. The van der Waals surface area contributed by atoms with E-state index in [1.54, 1.807) is 0 Å². The molecule has 0 aliphatic heterocycles. The predicted octanol–water partition coefficient (Wildman–Crippen LogP) is 7.57. The zero-order chi connectivity index (χ0) is 41.3. The first-order chi connectivity index (χ1) is 25.6. The van der Waals surface area contributed by atoms with Gasteiger partial charge in [-0.1, -0.05) is 0 Å². The first-order valence-corrected chi connectivity index (χ1v) is 15.2. The maximum Gasteiger partial charge on any atom is 0.573 e. The number of esters is 2. The van der Waals surface area contributed by atoms with Crippen LogP contribution in [0.4, 0.5) is 26.3 Å². The molecule has 4 rings (SSSR count). The molecule has 0 atom stereocenters. The summed E-state index contributed by atoms with van der Waals surface area (Å²) in [5.41, 5.74) is -1.24. The van der Waals surface area contributed by atoms with E-state index in [0.717, 1.165) is 43.6 Å². The Morgan fingerprint density at radius 3 is 1.38 bits per heavy atom. The Morgan fingerprint density at radius 1 is 0.600 bits per heavy atom. The number of alkyl halides is 6. The van der Waals surface area contributed by atoms with Gasteiger partial charge in [0.05, 0.1) is 34.1 Å². The van der Waals surface area contributed by atoms with E-state index >= 15 is 0 Å². The largest absolute Gasteiger partial charge is 0.573 e. The molecule has 55 heavy (non-hydrogen) atoms. The van der Waals surface area contributed by atoms with Gasteiger partial charge < -0.3 is 43.0 Å². The lowest BCUT2D eigenvalue weighted by Crippen LogP contribution is -2.18. The van der Waals surface area contributed by atoms with Crippen molar-refractivity contribution in [3.8, 4) is 46.0 Å². The van der Waals surface area contributed by atoms with Gasteiger partial charge in [-0.2, -0.15) is 0 Å². The molecule has 1 N–H and O–H groups in total. The number of halogens is 6. The van der Waals surface area contributed by atoms with E-state index in [-0.39, 0.29) is 62.8 Å². The maximum atomic E-state index is 12.4. The molecule has 0 aliphatic carbocycles. The number of ketones is 1. The molecule has 20 heteroatoms. The summed E-state index contributed by atoms with van der Waals surface area (Å²) >= 11 is 0. The van der Waals surface area contributed by atoms with Gasteiger partial charge in [-0.25, -0.2) is 9.59 Å². The molecule has 0 saturated heterocycles. The molecule has 296 valence electrons. The van der Waals surface area contributed by atoms with Crippen molar-refractivity contribution in [3.63, 3.8) is 0 Å². The van der Waals surface area contributed by atoms with Crippen LogP contribution < -0.4 is 28.4 Å². The second-order valence-corrected chi connectivity index (χ2v) is 11.2. The van der Waals surface area contributed by atoms with Crippen LogP contribution >= 0.6 is 0 Å². The van der Waals surface area contributed by atoms with Crippen molar-refractivity contribution in [1.29, 1.82) is 0 Å². The molecule has 0 spiro atoms. The molecule has 2 aromatic carbocycles. The zero-order valence-electron chi connectivity index (χ0n) is 29.9. The van der Waals surface area contributed by atoms with Crippen molar-refractivity contribution in [2.75, 3.05) is 28.4 Å². The average molecular weight is 787 g/mol. The monoisotopic (exact) mass is 786 g/mol. The van der Waals surface area contributed by atoms with Gasteiger partial charge in [0.15, 0.2) is 28.8 Å².